The third-order valence-corrected chi connectivity index (χ3v) is 4.13. The average molecular weight is 227 g/mol. The van der Waals surface area contributed by atoms with Crippen LogP contribution in [0.15, 0.2) is 0 Å². The van der Waals surface area contributed by atoms with Crippen LogP contribution in [0.25, 0.3) is 0 Å². The summed E-state index contributed by atoms with van der Waals surface area (Å²) in [4.78, 5) is 13.0. The molecule has 1 rings (SSSR count). The highest BCUT2D eigenvalue weighted by atomic mass is 16.4. The first-order chi connectivity index (χ1) is 7.54. The number of carboxylic acids is 1. The SMILES string of the molecule is CCC(C)C(C)N1CCC(CCC(=O)O)C1. The highest BCUT2D eigenvalue weighted by Gasteiger charge is 2.28. The van der Waals surface area contributed by atoms with Gasteiger partial charge >= 0.3 is 5.97 Å². The lowest BCUT2D eigenvalue weighted by atomic mass is 9.99. The van der Waals surface area contributed by atoms with Crippen molar-refractivity contribution in [3.05, 3.63) is 0 Å². The van der Waals surface area contributed by atoms with Crippen molar-refractivity contribution in [3.63, 3.8) is 0 Å². The smallest absolute Gasteiger partial charge is 0.303 e. The number of rotatable bonds is 6. The molecule has 0 aromatic carbocycles. The van der Waals surface area contributed by atoms with Crippen molar-refractivity contribution in [3.8, 4) is 0 Å². The molecule has 0 radical (unpaired) electrons. The van der Waals surface area contributed by atoms with Gasteiger partial charge < -0.3 is 10.0 Å². The first kappa shape index (κ1) is 13.5. The number of likely N-dealkylation sites (tertiary alicyclic amines) is 1. The Morgan fingerprint density at radius 1 is 1.50 bits per heavy atom. The Balaban J connectivity index is 2.31. The highest BCUT2D eigenvalue weighted by Crippen LogP contribution is 2.25. The molecule has 16 heavy (non-hydrogen) atoms. The summed E-state index contributed by atoms with van der Waals surface area (Å²) in [7, 11) is 0. The molecule has 0 aromatic rings. The van der Waals surface area contributed by atoms with Crippen LogP contribution in [0, 0.1) is 11.8 Å². The zero-order valence-corrected chi connectivity index (χ0v) is 10.8. The first-order valence-corrected chi connectivity index (χ1v) is 6.50. The largest absolute Gasteiger partial charge is 0.481 e. The molecule has 0 saturated carbocycles. The number of hydrogen-bond acceptors (Lipinski definition) is 2. The van der Waals surface area contributed by atoms with Gasteiger partial charge in [0.1, 0.15) is 0 Å². The van der Waals surface area contributed by atoms with Crippen molar-refractivity contribution in [1.82, 2.24) is 4.90 Å². The number of carbonyl (C=O) groups is 1. The van der Waals surface area contributed by atoms with Gasteiger partial charge in [-0.3, -0.25) is 4.79 Å². The van der Waals surface area contributed by atoms with E-state index >= 15 is 0 Å². The maximum Gasteiger partial charge on any atom is 0.303 e. The maximum absolute atomic E-state index is 10.5. The summed E-state index contributed by atoms with van der Waals surface area (Å²) in [5.41, 5.74) is 0. The van der Waals surface area contributed by atoms with E-state index in [1.165, 1.54) is 12.8 Å². The average Bonchev–Trinajstić information content (AvgIpc) is 2.72. The summed E-state index contributed by atoms with van der Waals surface area (Å²) in [6, 6.07) is 0.639. The van der Waals surface area contributed by atoms with Crippen LogP contribution in [-0.2, 0) is 4.79 Å². The number of hydrogen-bond donors (Lipinski definition) is 1. The molecular weight excluding hydrogens is 202 g/mol. The minimum Gasteiger partial charge on any atom is -0.481 e. The van der Waals surface area contributed by atoms with Crippen LogP contribution >= 0.6 is 0 Å². The minimum absolute atomic E-state index is 0.330. The lowest BCUT2D eigenvalue weighted by Gasteiger charge is -2.29. The van der Waals surface area contributed by atoms with Gasteiger partial charge in [0.15, 0.2) is 0 Å². The zero-order chi connectivity index (χ0) is 12.1. The molecule has 1 N–H and O–H groups in total. The van der Waals surface area contributed by atoms with E-state index < -0.39 is 5.97 Å². The van der Waals surface area contributed by atoms with Gasteiger partial charge in [-0.1, -0.05) is 20.3 Å². The van der Waals surface area contributed by atoms with Crippen LogP contribution in [0.5, 0.6) is 0 Å². The van der Waals surface area contributed by atoms with Crippen molar-refractivity contribution < 1.29 is 9.90 Å². The zero-order valence-electron chi connectivity index (χ0n) is 10.8. The third-order valence-electron chi connectivity index (χ3n) is 4.13. The Morgan fingerprint density at radius 2 is 2.19 bits per heavy atom. The fraction of sp³-hybridized carbons (Fsp3) is 0.923. The molecule has 0 aliphatic carbocycles. The van der Waals surface area contributed by atoms with Gasteiger partial charge in [0.2, 0.25) is 0 Å². The minimum atomic E-state index is -0.659. The molecule has 0 bridgehead atoms. The second-order valence-corrected chi connectivity index (χ2v) is 5.21. The Bertz CT molecular complexity index is 230. The van der Waals surface area contributed by atoms with E-state index in [-0.39, 0.29) is 0 Å². The van der Waals surface area contributed by atoms with Gasteiger partial charge in [0.25, 0.3) is 0 Å². The molecule has 1 heterocycles. The first-order valence-electron chi connectivity index (χ1n) is 6.50. The number of nitrogens with zero attached hydrogens (tertiary/aromatic N) is 1. The highest BCUT2D eigenvalue weighted by molar-refractivity contribution is 5.66. The van der Waals surface area contributed by atoms with Crippen molar-refractivity contribution in [2.24, 2.45) is 11.8 Å². The molecule has 1 aliphatic heterocycles. The Labute approximate surface area is 98.8 Å². The molecule has 1 aliphatic rings. The van der Waals surface area contributed by atoms with Crippen LogP contribution in [0.2, 0.25) is 0 Å². The van der Waals surface area contributed by atoms with Crippen molar-refractivity contribution >= 4 is 5.97 Å². The van der Waals surface area contributed by atoms with Gasteiger partial charge in [0.05, 0.1) is 0 Å². The molecule has 3 unspecified atom stereocenters. The predicted octanol–water partition coefficient (Wildman–Crippen LogP) is 2.61. The van der Waals surface area contributed by atoms with Crippen molar-refractivity contribution in [2.75, 3.05) is 13.1 Å². The van der Waals surface area contributed by atoms with Crippen molar-refractivity contribution in [2.45, 2.75) is 52.5 Å². The van der Waals surface area contributed by atoms with E-state index in [4.69, 9.17) is 5.11 Å². The van der Waals surface area contributed by atoms with Crippen LogP contribution in [-0.4, -0.2) is 35.1 Å². The van der Waals surface area contributed by atoms with E-state index in [0.29, 0.717) is 18.4 Å². The quantitative estimate of drug-likeness (QED) is 0.758. The predicted molar refractivity (Wildman–Crippen MR) is 65.5 cm³/mol. The molecule has 0 spiro atoms. The lowest BCUT2D eigenvalue weighted by molar-refractivity contribution is -0.137. The van der Waals surface area contributed by atoms with Gasteiger partial charge in [-0.05, 0) is 38.1 Å². The molecular formula is C13H25NO2. The van der Waals surface area contributed by atoms with Crippen molar-refractivity contribution in [1.29, 1.82) is 0 Å². The summed E-state index contributed by atoms with van der Waals surface area (Å²) in [6.07, 6.45) is 3.57. The van der Waals surface area contributed by atoms with Gasteiger partial charge in [0, 0.05) is 19.0 Å². The van der Waals surface area contributed by atoms with E-state index in [2.05, 4.69) is 25.7 Å². The fourth-order valence-electron chi connectivity index (χ4n) is 2.50. The van der Waals surface area contributed by atoms with E-state index in [0.717, 1.165) is 25.4 Å². The van der Waals surface area contributed by atoms with Crippen LogP contribution < -0.4 is 0 Å². The summed E-state index contributed by atoms with van der Waals surface area (Å²) < 4.78 is 0. The summed E-state index contributed by atoms with van der Waals surface area (Å²) in [6.45, 7) is 9.08. The van der Waals surface area contributed by atoms with Gasteiger partial charge in [-0.25, -0.2) is 0 Å². The number of carboxylic acid groups (broad SMARTS) is 1. The van der Waals surface area contributed by atoms with E-state index in [9.17, 15) is 4.79 Å². The lowest BCUT2D eigenvalue weighted by Crippen LogP contribution is -2.35. The monoisotopic (exact) mass is 227 g/mol. The van der Waals surface area contributed by atoms with Crippen LogP contribution in [0.3, 0.4) is 0 Å². The summed E-state index contributed by atoms with van der Waals surface area (Å²) in [5.74, 6) is 0.675. The molecule has 0 amide bonds. The Hall–Kier alpha value is -0.570. The van der Waals surface area contributed by atoms with E-state index in [1.807, 2.05) is 0 Å². The maximum atomic E-state index is 10.5. The molecule has 1 fully saturated rings. The Morgan fingerprint density at radius 3 is 2.75 bits per heavy atom. The van der Waals surface area contributed by atoms with E-state index in [1.54, 1.807) is 0 Å². The standard InChI is InChI=1S/C13H25NO2/c1-4-10(2)11(3)14-8-7-12(9-14)5-6-13(15)16/h10-12H,4-9H2,1-3H3,(H,15,16). The van der Waals surface area contributed by atoms with Gasteiger partial charge in [-0.15, -0.1) is 0 Å². The molecule has 0 aromatic heterocycles. The Kier molecular flexibility index (Phi) is 5.26. The third kappa shape index (κ3) is 3.78. The molecule has 94 valence electrons. The van der Waals surface area contributed by atoms with Gasteiger partial charge in [-0.2, -0.15) is 0 Å². The summed E-state index contributed by atoms with van der Waals surface area (Å²) in [5, 5.41) is 8.66. The number of aliphatic carboxylic acids is 1. The molecule has 3 atom stereocenters. The molecule has 1 saturated heterocycles. The molecule has 3 nitrogen and oxygen atoms in total. The summed E-state index contributed by atoms with van der Waals surface area (Å²) >= 11 is 0. The second-order valence-electron chi connectivity index (χ2n) is 5.21. The topological polar surface area (TPSA) is 40.5 Å². The fourth-order valence-corrected chi connectivity index (χ4v) is 2.50. The molecule has 3 heteroatoms. The normalized spacial score (nSPS) is 25.6. The second kappa shape index (κ2) is 6.24. The van der Waals surface area contributed by atoms with Crippen LogP contribution in [0.1, 0.15) is 46.5 Å². The van der Waals surface area contributed by atoms with Crippen LogP contribution in [0.4, 0.5) is 0 Å².